The van der Waals surface area contributed by atoms with Gasteiger partial charge >= 0.3 is 5.97 Å². The van der Waals surface area contributed by atoms with E-state index < -0.39 is 0 Å². The van der Waals surface area contributed by atoms with Gasteiger partial charge in [0.2, 0.25) is 0 Å². The molecule has 0 aliphatic carbocycles. The molecule has 106 valence electrons. The molecule has 0 spiro atoms. The predicted molar refractivity (Wildman–Crippen MR) is 81.0 cm³/mol. The lowest BCUT2D eigenvalue weighted by Crippen LogP contribution is -2.01. The van der Waals surface area contributed by atoms with Crippen molar-refractivity contribution in [1.29, 1.82) is 0 Å². The van der Waals surface area contributed by atoms with Crippen molar-refractivity contribution in [2.75, 3.05) is 12.4 Å². The van der Waals surface area contributed by atoms with E-state index in [1.54, 1.807) is 13.0 Å². The van der Waals surface area contributed by atoms with Gasteiger partial charge in [0.15, 0.2) is 0 Å². The van der Waals surface area contributed by atoms with Gasteiger partial charge in [0, 0.05) is 10.2 Å². The minimum atomic E-state index is -0.378. The zero-order valence-electron chi connectivity index (χ0n) is 11.6. The Morgan fingerprint density at radius 1 is 1.35 bits per heavy atom. The van der Waals surface area contributed by atoms with E-state index in [1.807, 2.05) is 25.1 Å². The van der Waals surface area contributed by atoms with Crippen LogP contribution in [0.4, 0.5) is 5.69 Å². The van der Waals surface area contributed by atoms with Crippen LogP contribution in [-0.4, -0.2) is 13.1 Å². The van der Waals surface area contributed by atoms with Gasteiger partial charge < -0.3 is 14.5 Å². The summed E-state index contributed by atoms with van der Waals surface area (Å²) in [7, 11) is 1.36. The Hall–Kier alpha value is -1.75. The Morgan fingerprint density at radius 3 is 2.75 bits per heavy atom. The van der Waals surface area contributed by atoms with Crippen LogP contribution in [0.25, 0.3) is 0 Å². The van der Waals surface area contributed by atoms with E-state index in [2.05, 4.69) is 21.2 Å². The number of halogens is 1. The molecule has 0 amide bonds. The number of hydrogen-bond donors (Lipinski definition) is 1. The van der Waals surface area contributed by atoms with Crippen LogP contribution in [0.15, 0.2) is 33.2 Å². The van der Waals surface area contributed by atoms with E-state index in [-0.39, 0.29) is 5.97 Å². The van der Waals surface area contributed by atoms with Crippen molar-refractivity contribution < 1.29 is 13.9 Å². The second-order valence-corrected chi connectivity index (χ2v) is 5.35. The van der Waals surface area contributed by atoms with Gasteiger partial charge in [-0.15, -0.1) is 0 Å². The molecule has 0 radical (unpaired) electrons. The number of benzene rings is 1. The highest BCUT2D eigenvalue weighted by Gasteiger charge is 2.15. The average molecular weight is 338 g/mol. The van der Waals surface area contributed by atoms with Crippen molar-refractivity contribution in [1.82, 2.24) is 0 Å². The van der Waals surface area contributed by atoms with Gasteiger partial charge in [0.25, 0.3) is 0 Å². The highest BCUT2D eigenvalue weighted by molar-refractivity contribution is 9.10. The molecule has 4 nitrogen and oxygen atoms in total. The summed E-state index contributed by atoms with van der Waals surface area (Å²) in [6.45, 7) is 4.29. The lowest BCUT2D eigenvalue weighted by Gasteiger charge is -2.06. The fourth-order valence-corrected chi connectivity index (χ4v) is 2.13. The normalized spacial score (nSPS) is 10.4. The third-order valence-electron chi connectivity index (χ3n) is 3.00. The third-order valence-corrected chi connectivity index (χ3v) is 3.89. The van der Waals surface area contributed by atoms with Gasteiger partial charge in [-0.25, -0.2) is 4.79 Å². The number of hydrogen-bond acceptors (Lipinski definition) is 4. The number of anilines is 1. The molecule has 0 aliphatic rings. The smallest absolute Gasteiger partial charge is 0.341 e. The maximum Gasteiger partial charge on any atom is 0.341 e. The van der Waals surface area contributed by atoms with Crippen LogP contribution in [0.5, 0.6) is 0 Å². The van der Waals surface area contributed by atoms with Crippen molar-refractivity contribution in [3.8, 4) is 0 Å². The first kappa shape index (κ1) is 14.7. The summed E-state index contributed by atoms with van der Waals surface area (Å²) in [5.41, 5.74) is 2.62. The van der Waals surface area contributed by atoms with Crippen molar-refractivity contribution in [3.05, 3.63) is 51.4 Å². The summed E-state index contributed by atoms with van der Waals surface area (Å²) in [4.78, 5) is 11.5. The second-order valence-electron chi connectivity index (χ2n) is 4.49. The summed E-state index contributed by atoms with van der Waals surface area (Å²) < 4.78 is 11.3. The zero-order valence-corrected chi connectivity index (χ0v) is 13.2. The number of aryl methyl sites for hydroxylation is 2. The molecule has 0 atom stereocenters. The minimum absolute atomic E-state index is 0.378. The van der Waals surface area contributed by atoms with Crippen molar-refractivity contribution in [2.24, 2.45) is 0 Å². The lowest BCUT2D eigenvalue weighted by molar-refractivity contribution is 0.0599. The molecule has 1 aromatic carbocycles. The largest absolute Gasteiger partial charge is 0.465 e. The van der Waals surface area contributed by atoms with Crippen LogP contribution in [0.3, 0.4) is 0 Å². The van der Waals surface area contributed by atoms with Crippen LogP contribution in [0.1, 0.15) is 27.4 Å². The summed E-state index contributed by atoms with van der Waals surface area (Å²) in [6, 6.07) is 7.72. The van der Waals surface area contributed by atoms with Crippen LogP contribution in [0.2, 0.25) is 0 Å². The molecular weight excluding hydrogens is 322 g/mol. The molecule has 0 aliphatic heterocycles. The molecule has 0 unspecified atom stereocenters. The number of nitrogens with one attached hydrogen (secondary N) is 1. The van der Waals surface area contributed by atoms with Gasteiger partial charge in [-0.3, -0.25) is 0 Å². The summed E-state index contributed by atoms with van der Waals surface area (Å²) in [5, 5.41) is 3.26. The Kier molecular flexibility index (Phi) is 4.49. The summed E-state index contributed by atoms with van der Waals surface area (Å²) in [5.74, 6) is 0.890. The highest BCUT2D eigenvalue weighted by atomic mass is 79.9. The van der Waals surface area contributed by atoms with Gasteiger partial charge in [0.05, 0.1) is 13.7 Å². The summed E-state index contributed by atoms with van der Waals surface area (Å²) in [6.07, 6.45) is 0. The van der Waals surface area contributed by atoms with E-state index in [4.69, 9.17) is 9.15 Å². The summed E-state index contributed by atoms with van der Waals surface area (Å²) >= 11 is 3.46. The van der Waals surface area contributed by atoms with Gasteiger partial charge in [0.1, 0.15) is 17.1 Å². The quantitative estimate of drug-likeness (QED) is 0.855. The van der Waals surface area contributed by atoms with Crippen LogP contribution in [0, 0.1) is 13.8 Å². The van der Waals surface area contributed by atoms with Gasteiger partial charge in [-0.05, 0) is 43.7 Å². The molecule has 1 aromatic heterocycles. The topological polar surface area (TPSA) is 51.5 Å². The van der Waals surface area contributed by atoms with Crippen LogP contribution < -0.4 is 5.32 Å². The zero-order chi connectivity index (χ0) is 14.7. The molecule has 0 bridgehead atoms. The molecule has 20 heavy (non-hydrogen) atoms. The van der Waals surface area contributed by atoms with Gasteiger partial charge in [-0.1, -0.05) is 15.9 Å². The standard InChI is InChI=1S/C15H16BrNO3/c1-9-6-11(4-5-14(9)16)17-8-12-7-13(10(2)20-12)15(18)19-3/h4-7,17H,8H2,1-3H3. The Morgan fingerprint density at radius 2 is 2.10 bits per heavy atom. The Bertz CT molecular complexity index is 634. The second kappa shape index (κ2) is 6.13. The van der Waals surface area contributed by atoms with Crippen LogP contribution in [-0.2, 0) is 11.3 Å². The molecule has 0 saturated heterocycles. The van der Waals surface area contributed by atoms with E-state index >= 15 is 0 Å². The number of ether oxygens (including phenoxy) is 1. The first-order valence-corrected chi connectivity index (χ1v) is 6.98. The van der Waals surface area contributed by atoms with Crippen molar-refractivity contribution in [2.45, 2.75) is 20.4 Å². The molecule has 1 heterocycles. The molecule has 2 rings (SSSR count). The number of esters is 1. The first-order valence-electron chi connectivity index (χ1n) is 6.19. The number of rotatable bonds is 4. The van der Waals surface area contributed by atoms with Gasteiger partial charge in [-0.2, -0.15) is 0 Å². The number of carbonyl (C=O) groups is 1. The van der Waals surface area contributed by atoms with E-state index in [0.29, 0.717) is 23.6 Å². The average Bonchev–Trinajstić information content (AvgIpc) is 2.80. The Balaban J connectivity index is 2.07. The lowest BCUT2D eigenvalue weighted by atomic mass is 10.2. The third kappa shape index (κ3) is 3.22. The SMILES string of the molecule is COC(=O)c1cc(CNc2ccc(Br)c(C)c2)oc1C. The Labute approximate surface area is 126 Å². The maximum absolute atomic E-state index is 11.5. The predicted octanol–water partition coefficient (Wildman–Crippen LogP) is 4.06. The van der Waals surface area contributed by atoms with Crippen molar-refractivity contribution in [3.63, 3.8) is 0 Å². The van der Waals surface area contributed by atoms with E-state index in [9.17, 15) is 4.79 Å². The fourth-order valence-electron chi connectivity index (χ4n) is 1.89. The molecule has 0 saturated carbocycles. The highest BCUT2D eigenvalue weighted by Crippen LogP contribution is 2.21. The molecule has 0 fully saturated rings. The minimum Gasteiger partial charge on any atom is -0.465 e. The number of methoxy groups -OCH3 is 1. The molecular formula is C15H16BrNO3. The first-order chi connectivity index (χ1) is 9.51. The number of carbonyl (C=O) groups excluding carboxylic acids is 1. The fraction of sp³-hybridized carbons (Fsp3) is 0.267. The maximum atomic E-state index is 11.5. The number of furan rings is 1. The van der Waals surface area contributed by atoms with E-state index in [0.717, 1.165) is 15.7 Å². The van der Waals surface area contributed by atoms with Crippen molar-refractivity contribution >= 4 is 27.6 Å². The monoisotopic (exact) mass is 337 g/mol. The van der Waals surface area contributed by atoms with Crippen LogP contribution >= 0.6 is 15.9 Å². The van der Waals surface area contributed by atoms with E-state index in [1.165, 1.54) is 7.11 Å². The molecule has 5 heteroatoms. The molecule has 1 N–H and O–H groups in total. The molecule has 2 aromatic rings.